The second kappa shape index (κ2) is 4.90. The van der Waals surface area contributed by atoms with E-state index in [0.717, 1.165) is 5.56 Å². The Morgan fingerprint density at radius 1 is 1.41 bits per heavy atom. The highest BCUT2D eigenvalue weighted by molar-refractivity contribution is 6.30. The topological polar surface area (TPSA) is 30.9 Å². The van der Waals surface area contributed by atoms with Gasteiger partial charge in [-0.05, 0) is 30.7 Å². The maximum absolute atomic E-state index is 13.6. The van der Waals surface area contributed by atoms with Crippen LogP contribution in [0.3, 0.4) is 0 Å². The summed E-state index contributed by atoms with van der Waals surface area (Å²) in [6, 6.07) is 6.65. The van der Waals surface area contributed by atoms with Gasteiger partial charge in [-0.15, -0.1) is 0 Å². The predicted octanol–water partition coefficient (Wildman–Crippen LogP) is 3.35. The lowest BCUT2D eigenvalue weighted by atomic mass is 10.2. The molecule has 0 bridgehead atoms. The van der Waals surface area contributed by atoms with E-state index in [9.17, 15) is 4.39 Å². The highest BCUT2D eigenvalue weighted by atomic mass is 35.5. The molecule has 0 radical (unpaired) electrons. The van der Waals surface area contributed by atoms with Gasteiger partial charge in [0.15, 0.2) is 0 Å². The Bertz CT molecular complexity index is 520. The summed E-state index contributed by atoms with van der Waals surface area (Å²) < 4.78 is 15.5. The van der Waals surface area contributed by atoms with Crippen LogP contribution in [0.15, 0.2) is 36.7 Å². The summed E-state index contributed by atoms with van der Waals surface area (Å²) in [5.41, 5.74) is 7.42. The van der Waals surface area contributed by atoms with Crippen molar-refractivity contribution in [2.24, 2.45) is 5.73 Å². The van der Waals surface area contributed by atoms with E-state index < -0.39 is 0 Å². The number of nitrogens with zero attached hydrogens (tertiary/aromatic N) is 1. The van der Waals surface area contributed by atoms with Crippen molar-refractivity contribution in [2.45, 2.75) is 19.5 Å². The zero-order valence-electron chi connectivity index (χ0n) is 9.53. The first-order valence-corrected chi connectivity index (χ1v) is 5.79. The lowest BCUT2D eigenvalue weighted by Crippen LogP contribution is -2.04. The van der Waals surface area contributed by atoms with Crippen molar-refractivity contribution in [2.75, 3.05) is 0 Å². The lowest BCUT2D eigenvalue weighted by Gasteiger charge is -2.05. The molecule has 0 aliphatic rings. The quantitative estimate of drug-likeness (QED) is 0.892. The highest BCUT2D eigenvalue weighted by Crippen LogP contribution is 2.17. The van der Waals surface area contributed by atoms with Gasteiger partial charge in [-0.1, -0.05) is 17.7 Å². The normalized spacial score (nSPS) is 12.7. The van der Waals surface area contributed by atoms with Crippen molar-refractivity contribution in [3.8, 4) is 0 Å². The summed E-state index contributed by atoms with van der Waals surface area (Å²) in [5.74, 6) is -0.284. The van der Waals surface area contributed by atoms with Crippen LogP contribution in [0.5, 0.6) is 0 Å². The van der Waals surface area contributed by atoms with Crippen molar-refractivity contribution in [3.05, 3.63) is 58.6 Å². The molecular formula is C13H14ClFN2. The van der Waals surface area contributed by atoms with Crippen molar-refractivity contribution < 1.29 is 4.39 Å². The van der Waals surface area contributed by atoms with E-state index in [2.05, 4.69) is 0 Å². The minimum atomic E-state index is -0.284. The summed E-state index contributed by atoms with van der Waals surface area (Å²) >= 11 is 5.70. The van der Waals surface area contributed by atoms with E-state index >= 15 is 0 Å². The van der Waals surface area contributed by atoms with Crippen LogP contribution in [0.1, 0.15) is 24.1 Å². The first-order chi connectivity index (χ1) is 8.06. The summed E-state index contributed by atoms with van der Waals surface area (Å²) in [4.78, 5) is 0. The number of rotatable bonds is 3. The number of hydrogen-bond acceptors (Lipinski definition) is 1. The molecule has 2 N–H and O–H groups in total. The van der Waals surface area contributed by atoms with Gasteiger partial charge in [0.25, 0.3) is 0 Å². The van der Waals surface area contributed by atoms with E-state index in [1.165, 1.54) is 6.07 Å². The minimum Gasteiger partial charge on any atom is -0.349 e. The zero-order chi connectivity index (χ0) is 12.4. The van der Waals surface area contributed by atoms with Crippen LogP contribution >= 0.6 is 11.6 Å². The van der Waals surface area contributed by atoms with E-state index in [1.807, 2.05) is 30.0 Å². The van der Waals surface area contributed by atoms with Gasteiger partial charge in [-0.3, -0.25) is 0 Å². The molecular weight excluding hydrogens is 239 g/mol. The molecule has 0 fully saturated rings. The number of hydrogen-bond donors (Lipinski definition) is 1. The second-order valence-electron chi connectivity index (χ2n) is 4.14. The molecule has 17 heavy (non-hydrogen) atoms. The average Bonchev–Trinajstić information content (AvgIpc) is 2.71. The summed E-state index contributed by atoms with van der Waals surface area (Å²) in [6.45, 7) is 2.40. The monoisotopic (exact) mass is 252 g/mol. The van der Waals surface area contributed by atoms with Crippen LogP contribution in [-0.2, 0) is 6.54 Å². The average molecular weight is 253 g/mol. The van der Waals surface area contributed by atoms with E-state index in [0.29, 0.717) is 17.1 Å². The minimum absolute atomic E-state index is 0.00804. The van der Waals surface area contributed by atoms with Gasteiger partial charge in [0.05, 0.1) is 0 Å². The molecule has 4 heteroatoms. The molecule has 1 atom stereocenters. The van der Waals surface area contributed by atoms with Crippen LogP contribution in [0.25, 0.3) is 0 Å². The van der Waals surface area contributed by atoms with Crippen molar-refractivity contribution in [1.29, 1.82) is 0 Å². The smallest absolute Gasteiger partial charge is 0.129 e. The van der Waals surface area contributed by atoms with Gasteiger partial charge >= 0.3 is 0 Å². The summed E-state index contributed by atoms with van der Waals surface area (Å²) in [7, 11) is 0. The van der Waals surface area contributed by atoms with Gasteiger partial charge < -0.3 is 10.3 Å². The van der Waals surface area contributed by atoms with Crippen molar-refractivity contribution >= 4 is 11.6 Å². The fraction of sp³-hybridized carbons (Fsp3) is 0.231. The molecule has 1 heterocycles. The fourth-order valence-corrected chi connectivity index (χ4v) is 1.83. The van der Waals surface area contributed by atoms with E-state index in [-0.39, 0.29) is 11.9 Å². The Labute approximate surface area is 105 Å². The predicted molar refractivity (Wildman–Crippen MR) is 67.5 cm³/mol. The highest BCUT2D eigenvalue weighted by Gasteiger charge is 2.05. The Hall–Kier alpha value is -1.32. The van der Waals surface area contributed by atoms with Crippen LogP contribution in [-0.4, -0.2) is 4.57 Å². The van der Waals surface area contributed by atoms with Gasteiger partial charge in [-0.25, -0.2) is 4.39 Å². The largest absolute Gasteiger partial charge is 0.349 e. The molecule has 0 aliphatic carbocycles. The number of nitrogens with two attached hydrogens (primary N) is 1. The molecule has 2 nitrogen and oxygen atoms in total. The first-order valence-electron chi connectivity index (χ1n) is 5.41. The molecule has 0 spiro atoms. The van der Waals surface area contributed by atoms with Crippen LogP contribution in [0, 0.1) is 5.82 Å². The Morgan fingerprint density at radius 3 is 2.76 bits per heavy atom. The zero-order valence-corrected chi connectivity index (χ0v) is 10.3. The van der Waals surface area contributed by atoms with E-state index in [4.69, 9.17) is 17.3 Å². The number of halogens is 2. The fourth-order valence-electron chi connectivity index (χ4n) is 1.67. The molecule has 1 unspecified atom stereocenters. The van der Waals surface area contributed by atoms with Gasteiger partial charge in [0.2, 0.25) is 0 Å². The van der Waals surface area contributed by atoms with Crippen molar-refractivity contribution in [3.63, 3.8) is 0 Å². The SMILES string of the molecule is CC(N)c1ccn(Cc2ccc(Cl)cc2F)c1. The number of benzene rings is 1. The summed E-state index contributed by atoms with van der Waals surface area (Å²) in [5, 5.41) is 0.412. The molecule has 1 aromatic heterocycles. The maximum atomic E-state index is 13.6. The molecule has 90 valence electrons. The third kappa shape index (κ3) is 2.87. The Morgan fingerprint density at radius 2 is 2.18 bits per heavy atom. The molecule has 0 amide bonds. The van der Waals surface area contributed by atoms with Gasteiger partial charge in [-0.2, -0.15) is 0 Å². The number of aromatic nitrogens is 1. The van der Waals surface area contributed by atoms with Crippen LogP contribution in [0.4, 0.5) is 4.39 Å². The molecule has 2 aromatic rings. The molecule has 0 saturated heterocycles. The van der Waals surface area contributed by atoms with Gasteiger partial charge in [0.1, 0.15) is 5.82 Å². The van der Waals surface area contributed by atoms with Crippen molar-refractivity contribution in [1.82, 2.24) is 4.57 Å². The molecule has 0 saturated carbocycles. The Balaban J connectivity index is 2.19. The molecule has 1 aromatic carbocycles. The Kier molecular flexibility index (Phi) is 3.50. The first kappa shape index (κ1) is 12.1. The second-order valence-corrected chi connectivity index (χ2v) is 4.58. The lowest BCUT2D eigenvalue weighted by molar-refractivity contribution is 0.599. The summed E-state index contributed by atoms with van der Waals surface area (Å²) in [6.07, 6.45) is 3.82. The molecule has 2 rings (SSSR count). The van der Waals surface area contributed by atoms with Crippen LogP contribution < -0.4 is 5.73 Å². The molecule has 0 aliphatic heterocycles. The standard InChI is InChI=1S/C13H14ClFN2/c1-9(16)10-4-5-17(7-10)8-11-2-3-12(14)6-13(11)15/h2-7,9H,8,16H2,1H3. The van der Waals surface area contributed by atoms with Crippen LogP contribution in [0.2, 0.25) is 5.02 Å². The maximum Gasteiger partial charge on any atom is 0.129 e. The van der Waals surface area contributed by atoms with E-state index in [1.54, 1.807) is 12.1 Å². The third-order valence-corrected chi connectivity index (χ3v) is 2.90. The third-order valence-electron chi connectivity index (χ3n) is 2.67. The van der Waals surface area contributed by atoms with Gasteiger partial charge in [0, 0.05) is 35.6 Å².